The highest BCUT2D eigenvalue weighted by Crippen LogP contribution is 1.88. The molecule has 6 nitrogen and oxygen atoms in total. The molecule has 0 aliphatic rings. The second kappa shape index (κ2) is 4.11. The number of amides is 1. The Kier molecular flexibility index (Phi) is 2.87. The van der Waals surface area contributed by atoms with Gasteiger partial charge in [0.1, 0.15) is 12.9 Å². The number of hydrogen-bond donors (Lipinski definition) is 2. The number of nitrogens with two attached hydrogens (primary N) is 1. The Bertz CT molecular complexity index is 337. The second-order valence-corrected chi connectivity index (χ2v) is 2.28. The van der Waals surface area contributed by atoms with E-state index < -0.39 is 0 Å². The first-order valence-corrected chi connectivity index (χ1v) is 3.57. The quantitative estimate of drug-likeness (QED) is 0.559. The number of rotatable bonds is 3. The van der Waals surface area contributed by atoms with Crippen molar-refractivity contribution in [3.8, 4) is 12.3 Å². The molecular formula is C7H9N5O. The largest absolute Gasteiger partial charge is 0.367 e. The van der Waals surface area contributed by atoms with E-state index in [0.717, 1.165) is 0 Å². The molecule has 0 fully saturated rings. The standard InChI is InChI=1S/C7H9N5O/c1-2-3-9-6(13)4-12-5-10-7(8)11-12/h1,5H,3-4H2,(H2,8,11)(H,9,13). The molecule has 6 heteroatoms. The highest BCUT2D eigenvalue weighted by molar-refractivity contribution is 5.75. The van der Waals surface area contributed by atoms with Crippen LogP contribution in [0.25, 0.3) is 0 Å². The zero-order valence-electron chi connectivity index (χ0n) is 6.90. The predicted molar refractivity (Wildman–Crippen MR) is 46.3 cm³/mol. The van der Waals surface area contributed by atoms with Crippen molar-refractivity contribution in [3.05, 3.63) is 6.33 Å². The van der Waals surface area contributed by atoms with Gasteiger partial charge < -0.3 is 11.1 Å². The normalized spacial score (nSPS) is 9.15. The van der Waals surface area contributed by atoms with Crippen LogP contribution in [0.2, 0.25) is 0 Å². The SMILES string of the molecule is C#CCNC(=O)Cn1cnc(N)n1. The lowest BCUT2D eigenvalue weighted by atomic mass is 10.5. The van der Waals surface area contributed by atoms with Gasteiger partial charge in [0.15, 0.2) is 0 Å². The average molecular weight is 179 g/mol. The van der Waals surface area contributed by atoms with Gasteiger partial charge in [-0.25, -0.2) is 9.67 Å². The molecule has 0 bridgehead atoms. The van der Waals surface area contributed by atoms with Gasteiger partial charge >= 0.3 is 0 Å². The molecule has 0 atom stereocenters. The van der Waals surface area contributed by atoms with E-state index in [2.05, 4.69) is 21.3 Å². The molecule has 0 aliphatic heterocycles. The van der Waals surface area contributed by atoms with E-state index in [9.17, 15) is 4.79 Å². The molecular weight excluding hydrogens is 170 g/mol. The minimum Gasteiger partial charge on any atom is -0.367 e. The molecule has 0 spiro atoms. The predicted octanol–water partition coefficient (Wildman–Crippen LogP) is -1.39. The van der Waals surface area contributed by atoms with E-state index in [0.29, 0.717) is 0 Å². The van der Waals surface area contributed by atoms with Crippen molar-refractivity contribution in [2.24, 2.45) is 0 Å². The molecule has 3 N–H and O–H groups in total. The number of anilines is 1. The third-order valence-corrected chi connectivity index (χ3v) is 1.25. The third-order valence-electron chi connectivity index (χ3n) is 1.25. The van der Waals surface area contributed by atoms with Crippen molar-refractivity contribution >= 4 is 11.9 Å². The van der Waals surface area contributed by atoms with Crippen LogP contribution in [0, 0.1) is 12.3 Å². The van der Waals surface area contributed by atoms with Crippen molar-refractivity contribution in [1.29, 1.82) is 0 Å². The number of aromatic nitrogens is 3. The van der Waals surface area contributed by atoms with E-state index in [1.807, 2.05) is 0 Å². The Balaban J connectivity index is 2.41. The van der Waals surface area contributed by atoms with Crippen LogP contribution >= 0.6 is 0 Å². The topological polar surface area (TPSA) is 85.8 Å². The number of carbonyl (C=O) groups excluding carboxylic acids is 1. The Morgan fingerprint density at radius 1 is 1.85 bits per heavy atom. The summed E-state index contributed by atoms with van der Waals surface area (Å²) in [5.74, 6) is 2.21. The van der Waals surface area contributed by atoms with Gasteiger partial charge in [0, 0.05) is 0 Å². The van der Waals surface area contributed by atoms with Gasteiger partial charge in [-0.1, -0.05) is 5.92 Å². The summed E-state index contributed by atoms with van der Waals surface area (Å²) in [6.07, 6.45) is 6.33. The van der Waals surface area contributed by atoms with Crippen molar-refractivity contribution in [2.75, 3.05) is 12.3 Å². The number of nitrogens with zero attached hydrogens (tertiary/aromatic N) is 3. The molecule has 1 heterocycles. The molecule has 1 amide bonds. The average Bonchev–Trinajstić information content (AvgIpc) is 2.48. The lowest BCUT2D eigenvalue weighted by Gasteiger charge is -1.99. The lowest BCUT2D eigenvalue weighted by Crippen LogP contribution is -2.27. The smallest absolute Gasteiger partial charge is 0.242 e. The third kappa shape index (κ3) is 2.83. The Hall–Kier alpha value is -2.03. The molecule has 1 aromatic rings. The molecule has 1 aromatic heterocycles. The fraction of sp³-hybridized carbons (Fsp3) is 0.286. The van der Waals surface area contributed by atoms with Gasteiger partial charge in [-0.05, 0) is 0 Å². The molecule has 13 heavy (non-hydrogen) atoms. The fourth-order valence-electron chi connectivity index (χ4n) is 0.738. The molecule has 0 aromatic carbocycles. The van der Waals surface area contributed by atoms with Crippen LogP contribution in [0.3, 0.4) is 0 Å². The van der Waals surface area contributed by atoms with Gasteiger partial charge in [0.2, 0.25) is 11.9 Å². The van der Waals surface area contributed by atoms with Crippen LogP contribution in [0.1, 0.15) is 0 Å². The van der Waals surface area contributed by atoms with Crippen LogP contribution in [0.5, 0.6) is 0 Å². The summed E-state index contributed by atoms with van der Waals surface area (Å²) in [7, 11) is 0. The molecule has 68 valence electrons. The maximum absolute atomic E-state index is 11.0. The highest BCUT2D eigenvalue weighted by atomic mass is 16.2. The number of nitrogen functional groups attached to an aromatic ring is 1. The Morgan fingerprint density at radius 3 is 3.15 bits per heavy atom. The second-order valence-electron chi connectivity index (χ2n) is 2.28. The van der Waals surface area contributed by atoms with Crippen LogP contribution in [-0.2, 0) is 11.3 Å². The number of carbonyl (C=O) groups is 1. The van der Waals surface area contributed by atoms with E-state index in [1.54, 1.807) is 0 Å². The van der Waals surface area contributed by atoms with Crippen molar-refractivity contribution in [3.63, 3.8) is 0 Å². The van der Waals surface area contributed by atoms with E-state index in [1.165, 1.54) is 11.0 Å². The molecule has 0 saturated carbocycles. The van der Waals surface area contributed by atoms with Gasteiger partial charge in [-0.15, -0.1) is 11.5 Å². The van der Waals surface area contributed by atoms with Gasteiger partial charge in [-0.3, -0.25) is 4.79 Å². The van der Waals surface area contributed by atoms with E-state index in [4.69, 9.17) is 12.2 Å². The first-order chi connectivity index (χ1) is 6.22. The van der Waals surface area contributed by atoms with E-state index in [-0.39, 0.29) is 24.9 Å². The minimum absolute atomic E-state index is 0.0753. The summed E-state index contributed by atoms with van der Waals surface area (Å²) in [6, 6.07) is 0. The Morgan fingerprint density at radius 2 is 2.62 bits per heavy atom. The number of terminal acetylenes is 1. The zero-order chi connectivity index (χ0) is 9.68. The van der Waals surface area contributed by atoms with E-state index >= 15 is 0 Å². The number of nitrogens with one attached hydrogen (secondary N) is 1. The maximum atomic E-state index is 11.0. The van der Waals surface area contributed by atoms with Crippen LogP contribution in [0.4, 0.5) is 5.95 Å². The molecule has 0 saturated heterocycles. The Labute approximate surface area is 75.1 Å². The lowest BCUT2D eigenvalue weighted by molar-refractivity contribution is -0.121. The summed E-state index contributed by atoms with van der Waals surface area (Å²) in [4.78, 5) is 14.7. The highest BCUT2D eigenvalue weighted by Gasteiger charge is 2.02. The van der Waals surface area contributed by atoms with Crippen molar-refractivity contribution in [1.82, 2.24) is 20.1 Å². The summed E-state index contributed by atoms with van der Waals surface area (Å²) in [5.41, 5.74) is 5.25. The molecule has 0 radical (unpaired) electrons. The monoisotopic (exact) mass is 179 g/mol. The van der Waals surface area contributed by atoms with Gasteiger partial charge in [0.05, 0.1) is 6.54 Å². The van der Waals surface area contributed by atoms with Crippen molar-refractivity contribution in [2.45, 2.75) is 6.54 Å². The molecule has 1 rings (SSSR count). The van der Waals surface area contributed by atoms with Gasteiger partial charge in [-0.2, -0.15) is 0 Å². The van der Waals surface area contributed by atoms with Crippen LogP contribution in [0.15, 0.2) is 6.33 Å². The summed E-state index contributed by atoms with van der Waals surface area (Å²) < 4.78 is 1.33. The van der Waals surface area contributed by atoms with Crippen molar-refractivity contribution < 1.29 is 4.79 Å². The number of hydrogen-bond acceptors (Lipinski definition) is 4. The van der Waals surface area contributed by atoms with Crippen LogP contribution in [-0.4, -0.2) is 27.2 Å². The summed E-state index contributed by atoms with van der Waals surface area (Å²) in [6.45, 7) is 0.287. The van der Waals surface area contributed by atoms with Crippen LogP contribution < -0.4 is 11.1 Å². The summed E-state index contributed by atoms with van der Waals surface area (Å²) >= 11 is 0. The van der Waals surface area contributed by atoms with Gasteiger partial charge in [0.25, 0.3) is 0 Å². The fourth-order valence-corrected chi connectivity index (χ4v) is 0.738. The molecule has 0 unspecified atom stereocenters. The first kappa shape index (κ1) is 9.06. The zero-order valence-corrected chi connectivity index (χ0v) is 6.90. The summed E-state index contributed by atoms with van der Waals surface area (Å²) in [5, 5.41) is 6.22. The molecule has 0 aliphatic carbocycles. The maximum Gasteiger partial charge on any atom is 0.242 e. The first-order valence-electron chi connectivity index (χ1n) is 3.57. The minimum atomic E-state index is -0.220.